The highest BCUT2D eigenvalue weighted by atomic mass is 16.5. The lowest BCUT2D eigenvalue weighted by atomic mass is 9.92. The third-order valence-electron chi connectivity index (χ3n) is 6.62. The van der Waals surface area contributed by atoms with Crippen molar-refractivity contribution in [1.82, 2.24) is 4.90 Å². The summed E-state index contributed by atoms with van der Waals surface area (Å²) in [7, 11) is 3.11. The number of hydrogen-bond donors (Lipinski definition) is 2. The Balaban J connectivity index is 1.92. The molecule has 8 nitrogen and oxygen atoms in total. The summed E-state index contributed by atoms with van der Waals surface area (Å²) < 4.78 is 16.3. The Morgan fingerprint density at radius 2 is 1.71 bits per heavy atom. The molecule has 198 valence electrons. The van der Waals surface area contributed by atoms with Gasteiger partial charge in [0.15, 0.2) is 11.5 Å². The van der Waals surface area contributed by atoms with Crippen LogP contribution in [0.4, 0.5) is 0 Å². The molecule has 3 aromatic rings. The Labute approximate surface area is 221 Å². The average molecular weight is 518 g/mol. The topological polar surface area (TPSA) is 106 Å². The van der Waals surface area contributed by atoms with Gasteiger partial charge in [0.2, 0.25) is 0 Å². The van der Waals surface area contributed by atoms with Crippen molar-refractivity contribution in [2.45, 2.75) is 33.4 Å². The molecule has 1 heterocycles. The van der Waals surface area contributed by atoms with E-state index in [0.29, 0.717) is 34.8 Å². The molecule has 0 saturated carbocycles. The molecule has 0 aliphatic carbocycles. The van der Waals surface area contributed by atoms with Crippen LogP contribution in [0.5, 0.6) is 23.0 Å². The summed E-state index contributed by atoms with van der Waals surface area (Å²) >= 11 is 0. The van der Waals surface area contributed by atoms with Gasteiger partial charge in [-0.15, -0.1) is 0 Å². The molecule has 1 fully saturated rings. The quantitative estimate of drug-likeness (QED) is 0.245. The highest BCUT2D eigenvalue weighted by Crippen LogP contribution is 2.43. The zero-order chi connectivity index (χ0) is 27.6. The molecule has 0 aromatic heterocycles. The Hall–Kier alpha value is -4.46. The van der Waals surface area contributed by atoms with Crippen LogP contribution in [0.2, 0.25) is 0 Å². The van der Waals surface area contributed by atoms with E-state index in [1.165, 1.54) is 11.0 Å². The first kappa shape index (κ1) is 26.6. The van der Waals surface area contributed by atoms with E-state index < -0.39 is 17.7 Å². The first-order valence-corrected chi connectivity index (χ1v) is 12.2. The summed E-state index contributed by atoms with van der Waals surface area (Å²) in [6.45, 7) is 5.82. The zero-order valence-electron chi connectivity index (χ0n) is 22.1. The smallest absolute Gasteiger partial charge is 0.295 e. The predicted molar refractivity (Wildman–Crippen MR) is 143 cm³/mol. The second kappa shape index (κ2) is 10.9. The van der Waals surface area contributed by atoms with Gasteiger partial charge in [0.1, 0.15) is 17.3 Å². The minimum atomic E-state index is -0.928. The first-order valence-electron chi connectivity index (χ1n) is 12.2. The molecule has 1 atom stereocenters. The molecule has 1 aliphatic heterocycles. The number of nitrogens with zero attached hydrogens (tertiary/aromatic N) is 1. The van der Waals surface area contributed by atoms with E-state index in [9.17, 15) is 19.8 Å². The number of phenolic OH excluding ortho intramolecular Hbond substituents is 1. The number of carbonyl (C=O) groups excluding carboxylic acids is 2. The van der Waals surface area contributed by atoms with E-state index in [-0.39, 0.29) is 29.4 Å². The number of methoxy groups -OCH3 is 2. The van der Waals surface area contributed by atoms with Crippen molar-refractivity contribution in [3.05, 3.63) is 88.0 Å². The Morgan fingerprint density at radius 3 is 2.39 bits per heavy atom. The molecule has 1 unspecified atom stereocenters. The number of aromatic hydroxyl groups is 1. The number of rotatable bonds is 8. The number of aryl methyl sites for hydroxylation is 2. The first-order chi connectivity index (χ1) is 18.2. The van der Waals surface area contributed by atoms with Crippen LogP contribution in [0.15, 0.2) is 60.2 Å². The van der Waals surface area contributed by atoms with Crippen molar-refractivity contribution in [2.75, 3.05) is 20.8 Å². The molecular weight excluding hydrogens is 486 g/mol. The number of aliphatic hydroxyl groups is 1. The number of hydrogen-bond acceptors (Lipinski definition) is 7. The van der Waals surface area contributed by atoms with Gasteiger partial charge in [0, 0.05) is 12.1 Å². The van der Waals surface area contributed by atoms with E-state index in [1.807, 2.05) is 13.0 Å². The lowest BCUT2D eigenvalue weighted by Gasteiger charge is -2.26. The summed E-state index contributed by atoms with van der Waals surface area (Å²) in [6, 6.07) is 14.5. The van der Waals surface area contributed by atoms with Gasteiger partial charge in [0.05, 0.1) is 32.4 Å². The molecule has 8 heteroatoms. The maximum Gasteiger partial charge on any atom is 0.295 e. The van der Waals surface area contributed by atoms with E-state index in [2.05, 4.69) is 0 Å². The van der Waals surface area contributed by atoms with Gasteiger partial charge >= 0.3 is 0 Å². The van der Waals surface area contributed by atoms with Gasteiger partial charge in [0.25, 0.3) is 11.7 Å². The fraction of sp³-hybridized carbons (Fsp3) is 0.267. The number of likely N-dealkylation sites (tertiary alicyclic amines) is 1. The van der Waals surface area contributed by atoms with Crippen LogP contribution in [0.25, 0.3) is 5.76 Å². The standard InChI is InChI=1S/C30H31NO7/c1-6-38-25-15-20(10-11-23(25)32)27-26(28(33)22-12-18(3)24(37-5)13-17(22)2)29(34)30(35)31(27)16-19-8-7-9-21(14-19)36-4/h7-15,27,32-33H,6,16H2,1-5H3/b28-26+. The summed E-state index contributed by atoms with van der Waals surface area (Å²) in [4.78, 5) is 28.3. The third kappa shape index (κ3) is 4.89. The molecular formula is C30H31NO7. The molecule has 1 saturated heterocycles. The minimum Gasteiger partial charge on any atom is -0.507 e. The van der Waals surface area contributed by atoms with Crippen molar-refractivity contribution in [2.24, 2.45) is 0 Å². The Kier molecular flexibility index (Phi) is 7.62. The highest BCUT2D eigenvalue weighted by molar-refractivity contribution is 6.46. The Morgan fingerprint density at radius 1 is 0.947 bits per heavy atom. The fourth-order valence-electron chi connectivity index (χ4n) is 4.74. The third-order valence-corrected chi connectivity index (χ3v) is 6.62. The summed E-state index contributed by atoms with van der Waals surface area (Å²) in [5.41, 5.74) is 3.10. The van der Waals surface area contributed by atoms with Crippen LogP contribution in [0.1, 0.15) is 40.8 Å². The van der Waals surface area contributed by atoms with Crippen LogP contribution in [-0.4, -0.2) is 47.6 Å². The number of ether oxygens (including phenoxy) is 3. The molecule has 0 radical (unpaired) electrons. The number of phenols is 1. The lowest BCUT2D eigenvalue weighted by molar-refractivity contribution is -0.140. The lowest BCUT2D eigenvalue weighted by Crippen LogP contribution is -2.29. The summed E-state index contributed by atoms with van der Waals surface area (Å²) in [5, 5.41) is 21.8. The molecule has 0 bridgehead atoms. The van der Waals surface area contributed by atoms with Gasteiger partial charge in [-0.2, -0.15) is 0 Å². The van der Waals surface area contributed by atoms with Crippen molar-refractivity contribution < 1.29 is 34.0 Å². The van der Waals surface area contributed by atoms with Gasteiger partial charge in [-0.05, 0) is 79.4 Å². The second-order valence-electron chi connectivity index (χ2n) is 9.08. The molecule has 3 aromatic carbocycles. The van der Waals surface area contributed by atoms with E-state index >= 15 is 0 Å². The number of carbonyl (C=O) groups is 2. The van der Waals surface area contributed by atoms with Gasteiger partial charge in [-0.3, -0.25) is 9.59 Å². The van der Waals surface area contributed by atoms with Crippen LogP contribution in [-0.2, 0) is 16.1 Å². The largest absolute Gasteiger partial charge is 0.507 e. The second-order valence-corrected chi connectivity index (χ2v) is 9.08. The average Bonchev–Trinajstić information content (AvgIpc) is 3.15. The maximum atomic E-state index is 13.5. The van der Waals surface area contributed by atoms with Crippen LogP contribution >= 0.6 is 0 Å². The number of Topliss-reactive ketones (excluding diaryl/α,β-unsaturated/α-hetero) is 1. The number of ketones is 1. The molecule has 1 amide bonds. The monoisotopic (exact) mass is 517 g/mol. The minimum absolute atomic E-state index is 0.0429. The van der Waals surface area contributed by atoms with E-state index in [0.717, 1.165) is 11.1 Å². The predicted octanol–water partition coefficient (Wildman–Crippen LogP) is 5.05. The van der Waals surface area contributed by atoms with Crippen molar-refractivity contribution in [3.63, 3.8) is 0 Å². The van der Waals surface area contributed by atoms with Crippen LogP contribution in [0.3, 0.4) is 0 Å². The molecule has 2 N–H and O–H groups in total. The van der Waals surface area contributed by atoms with Gasteiger partial charge < -0.3 is 29.3 Å². The highest BCUT2D eigenvalue weighted by Gasteiger charge is 2.46. The normalized spacial score (nSPS) is 16.6. The van der Waals surface area contributed by atoms with Crippen LogP contribution < -0.4 is 14.2 Å². The van der Waals surface area contributed by atoms with E-state index in [4.69, 9.17) is 14.2 Å². The number of amides is 1. The maximum absolute atomic E-state index is 13.5. The van der Waals surface area contributed by atoms with Gasteiger partial charge in [-0.25, -0.2) is 0 Å². The van der Waals surface area contributed by atoms with Crippen molar-refractivity contribution in [3.8, 4) is 23.0 Å². The molecule has 0 spiro atoms. The molecule has 38 heavy (non-hydrogen) atoms. The van der Waals surface area contributed by atoms with E-state index in [1.54, 1.807) is 70.5 Å². The molecule has 4 rings (SSSR count). The van der Waals surface area contributed by atoms with Crippen molar-refractivity contribution in [1.29, 1.82) is 0 Å². The van der Waals surface area contributed by atoms with Gasteiger partial charge in [-0.1, -0.05) is 18.2 Å². The molecule has 1 aliphatic rings. The summed E-state index contributed by atoms with van der Waals surface area (Å²) in [5.74, 6) is -0.411. The fourth-order valence-corrected chi connectivity index (χ4v) is 4.74. The summed E-state index contributed by atoms with van der Waals surface area (Å²) in [6.07, 6.45) is 0. The van der Waals surface area contributed by atoms with Crippen molar-refractivity contribution >= 4 is 17.4 Å². The SMILES string of the molecule is CCOc1cc(C2/C(=C(\O)c3cc(C)c(OC)cc3C)C(=O)C(=O)N2Cc2cccc(OC)c2)ccc1O. The van der Waals surface area contributed by atoms with Crippen LogP contribution in [0, 0.1) is 13.8 Å². The number of benzene rings is 3. The zero-order valence-corrected chi connectivity index (χ0v) is 22.1. The Bertz CT molecular complexity index is 1430. The number of aliphatic hydroxyl groups excluding tert-OH is 1.